The zero-order chi connectivity index (χ0) is 10.4. The van der Waals surface area contributed by atoms with Crippen molar-refractivity contribution in [1.29, 1.82) is 0 Å². The molecule has 0 atom stereocenters. The molecule has 0 aliphatic carbocycles. The summed E-state index contributed by atoms with van der Waals surface area (Å²) < 4.78 is 0.720. The summed E-state index contributed by atoms with van der Waals surface area (Å²) in [4.78, 5) is 25.3. The van der Waals surface area contributed by atoms with Gasteiger partial charge in [0.1, 0.15) is 21.3 Å². The molecule has 3 aromatic rings. The first-order valence-electron chi connectivity index (χ1n) is 4.27. The summed E-state index contributed by atoms with van der Waals surface area (Å²) in [6.45, 7) is 0. The average molecular weight is 265 g/mol. The molecule has 3 rings (SSSR count). The van der Waals surface area contributed by atoms with E-state index < -0.39 is 0 Å². The number of nitrogens with zero attached hydrogens (tertiary/aromatic N) is 2. The van der Waals surface area contributed by atoms with Crippen LogP contribution in [0.15, 0.2) is 27.9 Å². The molecule has 0 aliphatic heterocycles. The van der Waals surface area contributed by atoms with Gasteiger partial charge in [-0.05, 0) is 28.1 Å². The molecule has 0 saturated carbocycles. The number of hydrogen-bond donors (Lipinski definition) is 2. The van der Waals surface area contributed by atoms with Gasteiger partial charge in [0.25, 0.3) is 5.56 Å². The first-order chi connectivity index (χ1) is 7.25. The van der Waals surface area contributed by atoms with Crippen molar-refractivity contribution in [2.75, 3.05) is 0 Å². The average Bonchev–Trinajstić information content (AvgIpc) is 2.57. The van der Waals surface area contributed by atoms with E-state index in [1.807, 2.05) is 12.1 Å². The van der Waals surface area contributed by atoms with Crippen LogP contribution in [-0.4, -0.2) is 19.9 Å². The Morgan fingerprint density at radius 3 is 3.07 bits per heavy atom. The molecule has 0 saturated heterocycles. The number of fused-ring (bicyclic) bond motifs is 3. The number of hydrogen-bond acceptors (Lipinski definition) is 3. The van der Waals surface area contributed by atoms with Gasteiger partial charge in [-0.15, -0.1) is 0 Å². The monoisotopic (exact) mass is 264 g/mol. The summed E-state index contributed by atoms with van der Waals surface area (Å²) in [7, 11) is 0. The number of aromatic amines is 2. The maximum atomic E-state index is 11.5. The van der Waals surface area contributed by atoms with E-state index >= 15 is 0 Å². The Labute approximate surface area is 91.7 Å². The predicted molar refractivity (Wildman–Crippen MR) is 59.7 cm³/mol. The van der Waals surface area contributed by atoms with Crippen molar-refractivity contribution in [3.8, 4) is 0 Å². The summed E-state index contributed by atoms with van der Waals surface area (Å²) in [5.74, 6) is 0. The van der Waals surface area contributed by atoms with Crippen LogP contribution in [0.1, 0.15) is 0 Å². The van der Waals surface area contributed by atoms with Gasteiger partial charge in [0.05, 0.1) is 6.33 Å². The molecule has 74 valence electrons. The summed E-state index contributed by atoms with van der Waals surface area (Å²) in [5.41, 5.74) is 1.57. The summed E-state index contributed by atoms with van der Waals surface area (Å²) in [5, 5.41) is 0.847. The Kier molecular flexibility index (Phi) is 1.66. The van der Waals surface area contributed by atoms with Gasteiger partial charge in [0.2, 0.25) is 0 Å². The molecule has 2 N–H and O–H groups in total. The first kappa shape index (κ1) is 8.60. The highest BCUT2D eigenvalue weighted by Gasteiger charge is 2.08. The van der Waals surface area contributed by atoms with Gasteiger partial charge < -0.3 is 9.97 Å². The van der Waals surface area contributed by atoms with Crippen LogP contribution in [0.5, 0.6) is 0 Å². The summed E-state index contributed by atoms with van der Waals surface area (Å²) in [6.07, 6.45) is 1.39. The lowest BCUT2D eigenvalue weighted by Gasteiger charge is -1.89. The molecule has 6 heteroatoms. The third-order valence-corrected chi connectivity index (χ3v) is 2.65. The fourth-order valence-electron chi connectivity index (χ4n) is 1.56. The van der Waals surface area contributed by atoms with E-state index in [1.54, 1.807) is 0 Å². The van der Waals surface area contributed by atoms with Crippen molar-refractivity contribution in [3.63, 3.8) is 0 Å². The van der Waals surface area contributed by atoms with Crippen LogP contribution < -0.4 is 5.56 Å². The van der Waals surface area contributed by atoms with Crippen molar-refractivity contribution < 1.29 is 0 Å². The lowest BCUT2D eigenvalue weighted by molar-refractivity contribution is 1.16. The molecule has 3 aromatic heterocycles. The van der Waals surface area contributed by atoms with Crippen molar-refractivity contribution in [2.45, 2.75) is 0 Å². The lowest BCUT2D eigenvalue weighted by Crippen LogP contribution is -2.05. The molecule has 0 radical (unpaired) electrons. The van der Waals surface area contributed by atoms with E-state index in [0.717, 1.165) is 9.99 Å². The first-order valence-corrected chi connectivity index (χ1v) is 5.06. The van der Waals surface area contributed by atoms with Crippen molar-refractivity contribution in [2.24, 2.45) is 0 Å². The number of H-pyrrole nitrogens is 2. The van der Waals surface area contributed by atoms with E-state index in [4.69, 9.17) is 0 Å². The minimum Gasteiger partial charge on any atom is -0.333 e. The molecule has 0 bridgehead atoms. The third-order valence-electron chi connectivity index (χ3n) is 2.21. The number of rotatable bonds is 0. The second-order valence-electron chi connectivity index (χ2n) is 3.11. The molecule has 0 amide bonds. The van der Waals surface area contributed by atoms with Crippen LogP contribution in [0.2, 0.25) is 0 Å². The quantitative estimate of drug-likeness (QED) is 0.606. The van der Waals surface area contributed by atoms with E-state index in [-0.39, 0.29) is 5.56 Å². The van der Waals surface area contributed by atoms with Crippen LogP contribution in [0.4, 0.5) is 0 Å². The smallest absolute Gasteiger partial charge is 0.275 e. The SMILES string of the molecule is O=c1[nH]cnc2c1[nH]c1nc(Br)ccc12. The molecule has 0 unspecified atom stereocenters. The van der Waals surface area contributed by atoms with Crippen LogP contribution in [-0.2, 0) is 0 Å². The molecule has 15 heavy (non-hydrogen) atoms. The highest BCUT2D eigenvalue weighted by Crippen LogP contribution is 2.21. The van der Waals surface area contributed by atoms with Gasteiger partial charge in [0, 0.05) is 5.39 Å². The number of pyridine rings is 1. The molecule has 0 fully saturated rings. The highest BCUT2D eigenvalue weighted by atomic mass is 79.9. The molecular weight excluding hydrogens is 260 g/mol. The minimum atomic E-state index is -0.186. The molecule has 5 nitrogen and oxygen atoms in total. The van der Waals surface area contributed by atoms with Gasteiger partial charge in [-0.3, -0.25) is 4.79 Å². The van der Waals surface area contributed by atoms with Crippen LogP contribution >= 0.6 is 15.9 Å². The van der Waals surface area contributed by atoms with Crippen molar-refractivity contribution in [3.05, 3.63) is 33.4 Å². The zero-order valence-corrected chi connectivity index (χ0v) is 9.00. The van der Waals surface area contributed by atoms with Gasteiger partial charge in [-0.2, -0.15) is 0 Å². The Hall–Kier alpha value is -1.69. The van der Waals surface area contributed by atoms with Gasteiger partial charge >= 0.3 is 0 Å². The normalized spacial score (nSPS) is 11.3. The van der Waals surface area contributed by atoms with E-state index in [2.05, 4.69) is 35.9 Å². The van der Waals surface area contributed by atoms with Crippen LogP contribution in [0.3, 0.4) is 0 Å². The standard InChI is InChI=1S/C9H5BrN4O/c10-5-2-1-4-6-7(14-8(4)13-5)9(15)12-3-11-6/h1-3H,(H,13,14)(H,11,12,15). The maximum Gasteiger partial charge on any atom is 0.275 e. The number of aromatic nitrogens is 4. The third kappa shape index (κ3) is 1.18. The molecule has 0 aliphatic rings. The Bertz CT molecular complexity index is 715. The number of nitrogens with one attached hydrogen (secondary N) is 2. The van der Waals surface area contributed by atoms with Crippen LogP contribution in [0.25, 0.3) is 22.1 Å². The zero-order valence-electron chi connectivity index (χ0n) is 7.41. The molecule has 0 spiro atoms. The maximum absolute atomic E-state index is 11.5. The van der Waals surface area contributed by atoms with Gasteiger partial charge in [-0.1, -0.05) is 0 Å². The Morgan fingerprint density at radius 1 is 1.33 bits per heavy atom. The van der Waals surface area contributed by atoms with Gasteiger partial charge in [0.15, 0.2) is 0 Å². The topological polar surface area (TPSA) is 74.4 Å². The van der Waals surface area contributed by atoms with Crippen molar-refractivity contribution >= 4 is 38.0 Å². The lowest BCUT2D eigenvalue weighted by atomic mass is 10.3. The van der Waals surface area contributed by atoms with Crippen molar-refractivity contribution in [1.82, 2.24) is 19.9 Å². The van der Waals surface area contributed by atoms with E-state index in [0.29, 0.717) is 16.7 Å². The fraction of sp³-hybridized carbons (Fsp3) is 0. The second-order valence-corrected chi connectivity index (χ2v) is 3.92. The van der Waals surface area contributed by atoms with Crippen LogP contribution in [0, 0.1) is 0 Å². The largest absolute Gasteiger partial charge is 0.333 e. The Balaban J connectivity index is 2.63. The Morgan fingerprint density at radius 2 is 2.20 bits per heavy atom. The van der Waals surface area contributed by atoms with E-state index in [1.165, 1.54) is 6.33 Å². The molecule has 0 aromatic carbocycles. The van der Waals surface area contributed by atoms with E-state index in [9.17, 15) is 4.79 Å². The predicted octanol–water partition coefficient (Wildman–Crippen LogP) is 1.56. The number of halogens is 1. The summed E-state index contributed by atoms with van der Waals surface area (Å²) >= 11 is 3.27. The minimum absolute atomic E-state index is 0.186. The molecule has 3 heterocycles. The molecular formula is C9H5BrN4O. The van der Waals surface area contributed by atoms with Gasteiger partial charge in [-0.25, -0.2) is 9.97 Å². The summed E-state index contributed by atoms with van der Waals surface area (Å²) in [6, 6.07) is 3.69. The highest BCUT2D eigenvalue weighted by molar-refractivity contribution is 9.10. The fourth-order valence-corrected chi connectivity index (χ4v) is 1.87. The second kappa shape index (κ2) is 2.90.